The lowest BCUT2D eigenvalue weighted by molar-refractivity contribution is -0.136. The molecule has 0 radical (unpaired) electrons. The van der Waals surface area contributed by atoms with Crippen LogP contribution in [0.2, 0.25) is 0 Å². The molecule has 0 bridgehead atoms. The van der Waals surface area contributed by atoms with Crippen molar-refractivity contribution in [2.75, 3.05) is 31.1 Å². The largest absolute Gasteiger partial charge is 0.465 e. The van der Waals surface area contributed by atoms with Crippen molar-refractivity contribution in [2.45, 2.75) is 25.6 Å². The van der Waals surface area contributed by atoms with Crippen molar-refractivity contribution in [2.24, 2.45) is 5.73 Å². The molecule has 3 amide bonds. The Morgan fingerprint density at radius 1 is 1.28 bits per heavy atom. The van der Waals surface area contributed by atoms with Crippen LogP contribution in [-0.4, -0.2) is 73.4 Å². The van der Waals surface area contributed by atoms with Crippen LogP contribution in [0.25, 0.3) is 0 Å². The lowest BCUT2D eigenvalue weighted by atomic mass is 10.0. The molecule has 2 atom stereocenters. The van der Waals surface area contributed by atoms with Crippen molar-refractivity contribution in [1.29, 1.82) is 0 Å². The average molecular weight is 370 g/mol. The number of fused-ring (bicyclic) bond motifs is 1. The van der Waals surface area contributed by atoms with Gasteiger partial charge in [-0.2, -0.15) is 0 Å². The molecule has 0 spiro atoms. The zero-order valence-corrected chi connectivity index (χ0v) is 14.8. The Bertz CT molecular complexity index is 775. The van der Waals surface area contributed by atoms with Crippen molar-refractivity contribution in [1.82, 2.24) is 15.1 Å². The number of urea groups is 1. The number of aryl methyl sites for hydroxylation is 1. The maximum Gasteiger partial charge on any atom is 0.312 e. The highest BCUT2D eigenvalue weighted by Gasteiger charge is 2.47. The lowest BCUT2D eigenvalue weighted by Crippen LogP contribution is -2.61. The van der Waals surface area contributed by atoms with E-state index in [0.29, 0.717) is 19.6 Å². The van der Waals surface area contributed by atoms with E-state index in [9.17, 15) is 18.0 Å². The minimum absolute atomic E-state index is 0.0182. The summed E-state index contributed by atoms with van der Waals surface area (Å²) in [5, 5.41) is 2.27. The van der Waals surface area contributed by atoms with Gasteiger partial charge in [-0.05, 0) is 19.1 Å². The fourth-order valence-corrected chi connectivity index (χ4v) is 5.58. The van der Waals surface area contributed by atoms with E-state index >= 15 is 0 Å². The van der Waals surface area contributed by atoms with Crippen LogP contribution in [-0.2, 0) is 21.2 Å². The van der Waals surface area contributed by atoms with E-state index in [4.69, 9.17) is 10.2 Å². The van der Waals surface area contributed by atoms with Crippen LogP contribution in [0.4, 0.5) is 4.79 Å². The SMILES string of the molecule is Cc1ccc(CN2CCN(C(=O)CNC(N)=O)[C@@H]3CS(=O)(=O)C[C@@H]32)o1. The molecule has 2 aliphatic rings. The molecule has 2 aliphatic heterocycles. The number of nitrogens with zero attached hydrogens (tertiary/aromatic N) is 2. The molecule has 0 aliphatic carbocycles. The standard InChI is InChI=1S/C15H22N4O5S/c1-10-2-3-11(24-10)7-18-4-5-19(14(20)6-17-15(16)21)13-9-25(22,23)8-12(13)18/h2-3,12-13H,4-9H2,1H3,(H3,16,17,21)/t12-,13+/m0/s1. The van der Waals surface area contributed by atoms with Gasteiger partial charge in [0.05, 0.1) is 30.6 Å². The molecule has 9 nitrogen and oxygen atoms in total. The number of hydrogen-bond acceptors (Lipinski definition) is 6. The first-order valence-electron chi connectivity index (χ1n) is 8.08. The molecule has 1 aromatic rings. The Hall–Kier alpha value is -2.07. The Balaban J connectivity index is 1.75. The van der Waals surface area contributed by atoms with Crippen LogP contribution >= 0.6 is 0 Å². The van der Waals surface area contributed by atoms with E-state index < -0.39 is 21.9 Å². The number of amides is 3. The highest BCUT2D eigenvalue weighted by atomic mass is 32.2. The molecule has 3 heterocycles. The van der Waals surface area contributed by atoms with Crippen LogP contribution < -0.4 is 11.1 Å². The zero-order valence-electron chi connectivity index (χ0n) is 14.0. The summed E-state index contributed by atoms with van der Waals surface area (Å²) in [7, 11) is -3.22. The maximum absolute atomic E-state index is 12.3. The first-order valence-corrected chi connectivity index (χ1v) is 9.90. The smallest absolute Gasteiger partial charge is 0.312 e. The lowest BCUT2D eigenvalue weighted by Gasteiger charge is -2.43. The summed E-state index contributed by atoms with van der Waals surface area (Å²) in [5.41, 5.74) is 4.99. The predicted octanol–water partition coefficient (Wildman–Crippen LogP) is -0.934. The van der Waals surface area contributed by atoms with Crippen molar-refractivity contribution >= 4 is 21.8 Å². The molecule has 10 heteroatoms. The van der Waals surface area contributed by atoms with E-state index in [1.807, 2.05) is 19.1 Å². The number of primary amides is 1. The molecule has 0 saturated carbocycles. The van der Waals surface area contributed by atoms with Gasteiger partial charge in [-0.15, -0.1) is 0 Å². The number of hydrogen-bond donors (Lipinski definition) is 2. The van der Waals surface area contributed by atoms with E-state index in [1.54, 1.807) is 4.90 Å². The van der Waals surface area contributed by atoms with E-state index in [0.717, 1.165) is 11.5 Å². The van der Waals surface area contributed by atoms with Gasteiger partial charge in [0.15, 0.2) is 9.84 Å². The molecule has 1 aromatic heterocycles. The van der Waals surface area contributed by atoms with Crippen LogP contribution in [0.1, 0.15) is 11.5 Å². The van der Waals surface area contributed by atoms with Gasteiger partial charge in [0.1, 0.15) is 11.5 Å². The molecule has 3 rings (SSSR count). The summed E-state index contributed by atoms with van der Waals surface area (Å²) in [4.78, 5) is 26.8. The molecular formula is C15H22N4O5S. The Kier molecular flexibility index (Phi) is 4.74. The van der Waals surface area contributed by atoms with Gasteiger partial charge in [0.2, 0.25) is 5.91 Å². The van der Waals surface area contributed by atoms with Gasteiger partial charge in [0.25, 0.3) is 0 Å². The van der Waals surface area contributed by atoms with E-state index in [2.05, 4.69) is 10.2 Å². The highest BCUT2D eigenvalue weighted by Crippen LogP contribution is 2.28. The molecule has 3 N–H and O–H groups in total. The number of rotatable bonds is 4. The van der Waals surface area contributed by atoms with Crippen molar-refractivity contribution < 1.29 is 22.4 Å². The number of sulfone groups is 1. The molecule has 138 valence electrons. The van der Waals surface area contributed by atoms with Crippen LogP contribution in [0, 0.1) is 6.92 Å². The Labute approximate surface area is 146 Å². The molecular weight excluding hydrogens is 348 g/mol. The Morgan fingerprint density at radius 2 is 2.00 bits per heavy atom. The summed E-state index contributed by atoms with van der Waals surface area (Å²) in [6, 6.07) is 2.27. The molecule has 2 fully saturated rings. The second-order valence-electron chi connectivity index (χ2n) is 6.50. The van der Waals surface area contributed by atoms with Gasteiger partial charge >= 0.3 is 6.03 Å². The van der Waals surface area contributed by atoms with Crippen molar-refractivity contribution in [3.05, 3.63) is 23.7 Å². The van der Waals surface area contributed by atoms with Gasteiger partial charge in [0, 0.05) is 19.1 Å². The van der Waals surface area contributed by atoms with E-state index in [1.165, 1.54) is 0 Å². The van der Waals surface area contributed by atoms with Crippen LogP contribution in [0.15, 0.2) is 16.5 Å². The minimum Gasteiger partial charge on any atom is -0.465 e. The molecule has 2 saturated heterocycles. The first-order chi connectivity index (χ1) is 11.7. The molecule has 0 unspecified atom stereocenters. The summed E-state index contributed by atoms with van der Waals surface area (Å²) in [5.74, 6) is 1.21. The third-order valence-electron chi connectivity index (χ3n) is 4.68. The van der Waals surface area contributed by atoms with E-state index in [-0.39, 0.29) is 30.0 Å². The average Bonchev–Trinajstić information content (AvgIpc) is 3.07. The number of carbonyl (C=O) groups is 2. The quantitative estimate of drug-likeness (QED) is 0.705. The van der Waals surface area contributed by atoms with Crippen molar-refractivity contribution in [3.63, 3.8) is 0 Å². The summed E-state index contributed by atoms with van der Waals surface area (Å²) >= 11 is 0. The first kappa shape index (κ1) is 17.7. The summed E-state index contributed by atoms with van der Waals surface area (Å²) in [6.07, 6.45) is 0. The van der Waals surface area contributed by atoms with Crippen LogP contribution in [0.5, 0.6) is 0 Å². The monoisotopic (exact) mass is 370 g/mol. The molecule has 0 aromatic carbocycles. The van der Waals surface area contributed by atoms with Gasteiger partial charge < -0.3 is 20.4 Å². The van der Waals surface area contributed by atoms with Crippen LogP contribution in [0.3, 0.4) is 0 Å². The maximum atomic E-state index is 12.3. The fraction of sp³-hybridized carbons (Fsp3) is 0.600. The van der Waals surface area contributed by atoms with Crippen molar-refractivity contribution in [3.8, 4) is 0 Å². The summed E-state index contributed by atoms with van der Waals surface area (Å²) < 4.78 is 29.9. The number of piperazine rings is 1. The normalized spacial score (nSPS) is 25.6. The number of furan rings is 1. The third kappa shape index (κ3) is 3.96. The van der Waals surface area contributed by atoms with Gasteiger partial charge in [-0.25, -0.2) is 13.2 Å². The zero-order chi connectivity index (χ0) is 18.2. The number of carbonyl (C=O) groups excluding carboxylic acids is 2. The van der Waals surface area contributed by atoms with Gasteiger partial charge in [-0.3, -0.25) is 9.69 Å². The second kappa shape index (κ2) is 6.68. The predicted molar refractivity (Wildman–Crippen MR) is 89.4 cm³/mol. The minimum atomic E-state index is -3.22. The number of nitrogens with two attached hydrogens (primary N) is 1. The second-order valence-corrected chi connectivity index (χ2v) is 8.65. The highest BCUT2D eigenvalue weighted by molar-refractivity contribution is 7.91. The summed E-state index contributed by atoms with van der Waals surface area (Å²) in [6.45, 7) is 3.07. The molecule has 25 heavy (non-hydrogen) atoms. The third-order valence-corrected chi connectivity index (χ3v) is 6.38. The van der Waals surface area contributed by atoms with Gasteiger partial charge in [-0.1, -0.05) is 0 Å². The Morgan fingerprint density at radius 3 is 2.64 bits per heavy atom. The number of nitrogens with one attached hydrogen (secondary N) is 1. The topological polar surface area (TPSA) is 126 Å². The fourth-order valence-electron chi connectivity index (χ4n) is 3.57.